The van der Waals surface area contributed by atoms with Crippen LogP contribution in [0, 0.1) is 0 Å². The van der Waals surface area contributed by atoms with Crippen molar-refractivity contribution in [1.29, 1.82) is 0 Å². The monoisotopic (exact) mass is 228 g/mol. The maximum Gasteiger partial charge on any atom is 0.141 e. The zero-order valence-electron chi connectivity index (χ0n) is 8.72. The van der Waals surface area contributed by atoms with Crippen LogP contribution >= 0.6 is 11.3 Å². The van der Waals surface area contributed by atoms with Crippen molar-refractivity contribution in [3.8, 4) is 0 Å². The Morgan fingerprint density at radius 3 is 3.13 bits per heavy atom. The molecule has 0 aliphatic rings. The Balaban J connectivity index is 2.14. The summed E-state index contributed by atoms with van der Waals surface area (Å²) in [5.41, 5.74) is 5.36. The van der Waals surface area contributed by atoms with Gasteiger partial charge in [0.25, 0.3) is 0 Å². The van der Waals surface area contributed by atoms with Gasteiger partial charge in [-0.1, -0.05) is 11.2 Å². The Hall–Kier alpha value is -1.07. The maximum absolute atomic E-state index is 8.37. The minimum atomic E-state index is -0.0131. The number of rotatable bonds is 6. The van der Waals surface area contributed by atoms with Gasteiger partial charge in [-0.3, -0.25) is 0 Å². The molecule has 3 N–H and O–H groups in total. The van der Waals surface area contributed by atoms with Gasteiger partial charge < -0.3 is 15.7 Å². The Kier molecular flexibility index (Phi) is 5.14. The van der Waals surface area contributed by atoms with Gasteiger partial charge in [-0.25, -0.2) is 0 Å². The summed E-state index contributed by atoms with van der Waals surface area (Å²) in [6.07, 6.45) is 1.36. The lowest BCUT2D eigenvalue weighted by molar-refractivity contribution is 0.0730. The molecule has 15 heavy (non-hydrogen) atoms. The molecule has 1 aromatic rings. The summed E-state index contributed by atoms with van der Waals surface area (Å²) in [6, 6.07) is 4.11. The molecule has 1 unspecified atom stereocenters. The first-order valence-electron chi connectivity index (χ1n) is 4.82. The predicted octanol–water partition coefficient (Wildman–Crippen LogP) is 1.83. The average Bonchev–Trinajstić information content (AvgIpc) is 2.70. The van der Waals surface area contributed by atoms with Crippen molar-refractivity contribution in [3.05, 3.63) is 22.4 Å². The number of amidine groups is 1. The molecular formula is C10H16N2O2S. The molecule has 1 atom stereocenters. The highest BCUT2D eigenvalue weighted by molar-refractivity contribution is 7.09. The van der Waals surface area contributed by atoms with E-state index in [-0.39, 0.29) is 11.9 Å². The molecule has 0 saturated carbocycles. The highest BCUT2D eigenvalue weighted by Gasteiger charge is 2.05. The van der Waals surface area contributed by atoms with E-state index in [1.807, 2.05) is 13.0 Å². The van der Waals surface area contributed by atoms with Crippen molar-refractivity contribution >= 4 is 17.2 Å². The van der Waals surface area contributed by atoms with Gasteiger partial charge in [0.15, 0.2) is 0 Å². The summed E-state index contributed by atoms with van der Waals surface area (Å²) in [4.78, 5) is 1.31. The first kappa shape index (κ1) is 12.0. The third-order valence-corrected chi connectivity index (χ3v) is 2.89. The van der Waals surface area contributed by atoms with Crippen LogP contribution in [0.1, 0.15) is 18.2 Å². The summed E-state index contributed by atoms with van der Waals surface area (Å²) >= 11 is 1.72. The molecule has 84 valence electrons. The van der Waals surface area contributed by atoms with E-state index in [2.05, 4.69) is 16.6 Å². The number of hydrogen-bond donors (Lipinski definition) is 2. The van der Waals surface area contributed by atoms with Crippen LogP contribution in [-0.4, -0.2) is 23.8 Å². The maximum atomic E-state index is 8.37. The molecular weight excluding hydrogens is 212 g/mol. The SMILES string of the molecule is CC(C/C(N)=N/O)OCCc1cccs1. The lowest BCUT2D eigenvalue weighted by Crippen LogP contribution is -2.21. The Morgan fingerprint density at radius 1 is 1.73 bits per heavy atom. The molecule has 1 aromatic heterocycles. The van der Waals surface area contributed by atoms with Gasteiger partial charge in [0.2, 0.25) is 0 Å². The molecule has 0 saturated heterocycles. The predicted molar refractivity (Wildman–Crippen MR) is 61.5 cm³/mol. The molecule has 0 bridgehead atoms. The van der Waals surface area contributed by atoms with Crippen molar-refractivity contribution < 1.29 is 9.94 Å². The number of nitrogens with two attached hydrogens (primary N) is 1. The van der Waals surface area contributed by atoms with E-state index in [9.17, 15) is 0 Å². The van der Waals surface area contributed by atoms with Gasteiger partial charge in [-0.2, -0.15) is 0 Å². The van der Waals surface area contributed by atoms with Crippen molar-refractivity contribution in [1.82, 2.24) is 0 Å². The number of thiophene rings is 1. The smallest absolute Gasteiger partial charge is 0.141 e. The molecule has 5 heteroatoms. The molecule has 0 radical (unpaired) electrons. The van der Waals surface area contributed by atoms with E-state index in [1.165, 1.54) is 4.88 Å². The molecule has 0 amide bonds. The summed E-state index contributed by atoms with van der Waals surface area (Å²) in [5, 5.41) is 13.3. The van der Waals surface area contributed by atoms with Gasteiger partial charge in [0, 0.05) is 17.7 Å². The van der Waals surface area contributed by atoms with Crippen LogP contribution in [0.3, 0.4) is 0 Å². The van der Waals surface area contributed by atoms with E-state index < -0.39 is 0 Å². The highest BCUT2D eigenvalue weighted by atomic mass is 32.1. The van der Waals surface area contributed by atoms with Crippen molar-refractivity contribution in [2.75, 3.05) is 6.61 Å². The lowest BCUT2D eigenvalue weighted by Gasteiger charge is -2.11. The van der Waals surface area contributed by atoms with Crippen LogP contribution < -0.4 is 5.73 Å². The molecule has 1 heterocycles. The van der Waals surface area contributed by atoms with E-state index in [4.69, 9.17) is 15.7 Å². The normalized spacial score (nSPS) is 14.1. The fourth-order valence-electron chi connectivity index (χ4n) is 1.21. The molecule has 1 rings (SSSR count). The molecule has 0 aromatic carbocycles. The fraction of sp³-hybridized carbons (Fsp3) is 0.500. The number of hydrogen-bond acceptors (Lipinski definition) is 4. The van der Waals surface area contributed by atoms with Crippen LogP contribution in [0.2, 0.25) is 0 Å². The highest BCUT2D eigenvalue weighted by Crippen LogP contribution is 2.09. The van der Waals surface area contributed by atoms with E-state index in [1.54, 1.807) is 11.3 Å². The second kappa shape index (κ2) is 6.42. The third-order valence-electron chi connectivity index (χ3n) is 1.96. The number of ether oxygens (including phenoxy) is 1. The van der Waals surface area contributed by atoms with E-state index in [0.717, 1.165) is 6.42 Å². The van der Waals surface area contributed by atoms with Gasteiger partial charge in [0.1, 0.15) is 5.84 Å². The summed E-state index contributed by atoms with van der Waals surface area (Å²) in [6.45, 7) is 2.58. The van der Waals surface area contributed by atoms with E-state index >= 15 is 0 Å². The molecule has 0 aliphatic carbocycles. The second-order valence-corrected chi connectivity index (χ2v) is 4.34. The lowest BCUT2D eigenvalue weighted by atomic mass is 10.2. The number of oxime groups is 1. The van der Waals surface area contributed by atoms with Crippen LogP contribution in [0.4, 0.5) is 0 Å². The molecule has 0 spiro atoms. The minimum Gasteiger partial charge on any atom is -0.409 e. The van der Waals surface area contributed by atoms with Crippen molar-refractivity contribution in [2.24, 2.45) is 10.9 Å². The molecule has 0 aliphatic heterocycles. The summed E-state index contributed by atoms with van der Waals surface area (Å²) in [5.74, 6) is 0.207. The standard InChI is InChI=1S/C10H16N2O2S/c1-8(7-10(11)12-13)14-5-4-9-3-2-6-15-9/h2-3,6,8,13H,4-5,7H2,1H3,(H2,11,12). The zero-order chi connectivity index (χ0) is 11.1. The fourth-order valence-corrected chi connectivity index (χ4v) is 1.90. The first-order valence-corrected chi connectivity index (χ1v) is 5.70. The zero-order valence-corrected chi connectivity index (χ0v) is 9.54. The summed E-state index contributed by atoms with van der Waals surface area (Å²) in [7, 11) is 0. The van der Waals surface area contributed by atoms with Crippen LogP contribution in [0.5, 0.6) is 0 Å². The third kappa shape index (κ3) is 4.80. The molecule has 4 nitrogen and oxygen atoms in total. The van der Waals surface area contributed by atoms with Crippen molar-refractivity contribution in [3.63, 3.8) is 0 Å². The number of nitrogens with zero attached hydrogens (tertiary/aromatic N) is 1. The summed E-state index contributed by atoms with van der Waals surface area (Å²) < 4.78 is 5.52. The van der Waals surface area contributed by atoms with Gasteiger partial charge >= 0.3 is 0 Å². The van der Waals surface area contributed by atoms with Gasteiger partial charge in [-0.05, 0) is 18.4 Å². The topological polar surface area (TPSA) is 67.8 Å². The van der Waals surface area contributed by atoms with Crippen LogP contribution in [0.25, 0.3) is 0 Å². The van der Waals surface area contributed by atoms with E-state index in [0.29, 0.717) is 13.0 Å². The second-order valence-electron chi connectivity index (χ2n) is 3.31. The Bertz CT molecular complexity index is 298. The van der Waals surface area contributed by atoms with Crippen molar-refractivity contribution in [2.45, 2.75) is 25.9 Å². The average molecular weight is 228 g/mol. The largest absolute Gasteiger partial charge is 0.409 e. The first-order chi connectivity index (χ1) is 7.22. The quantitative estimate of drug-likeness (QED) is 0.338. The molecule has 0 fully saturated rings. The van der Waals surface area contributed by atoms with Crippen LogP contribution in [-0.2, 0) is 11.2 Å². The van der Waals surface area contributed by atoms with Gasteiger partial charge in [-0.15, -0.1) is 11.3 Å². The Morgan fingerprint density at radius 2 is 2.53 bits per heavy atom. The van der Waals surface area contributed by atoms with Gasteiger partial charge in [0.05, 0.1) is 12.7 Å². The van der Waals surface area contributed by atoms with Crippen LogP contribution in [0.15, 0.2) is 22.7 Å². The minimum absolute atomic E-state index is 0.0131. The Labute approximate surface area is 93.4 Å².